The van der Waals surface area contributed by atoms with Crippen LogP contribution < -0.4 is 5.32 Å². The van der Waals surface area contributed by atoms with Gasteiger partial charge in [0.2, 0.25) is 5.91 Å². The summed E-state index contributed by atoms with van der Waals surface area (Å²) < 4.78 is 11.1. The van der Waals surface area contributed by atoms with Crippen molar-refractivity contribution in [2.24, 2.45) is 0 Å². The molecule has 0 spiro atoms. The van der Waals surface area contributed by atoms with Gasteiger partial charge in [0.1, 0.15) is 30.5 Å². The highest BCUT2D eigenvalue weighted by atomic mass is 16.7. The summed E-state index contributed by atoms with van der Waals surface area (Å²) in [5.74, 6) is -0.584. The van der Waals surface area contributed by atoms with E-state index in [1.807, 2.05) is 0 Å². The molecule has 10 nitrogen and oxygen atoms in total. The largest absolute Gasteiger partial charge is 0.394 e. The Bertz CT molecular complexity index is 758. The summed E-state index contributed by atoms with van der Waals surface area (Å²) >= 11 is 0. The molecule has 1 fully saturated rings. The molecule has 1 heterocycles. The molecule has 0 aromatic carbocycles. The molecule has 292 valence electrons. The molecule has 0 aromatic heterocycles. The summed E-state index contributed by atoms with van der Waals surface area (Å²) in [6.45, 7) is 3.63. The number of nitrogens with one attached hydrogen (secondary N) is 1. The summed E-state index contributed by atoms with van der Waals surface area (Å²) in [6.07, 6.45) is 20.1. The zero-order valence-corrected chi connectivity index (χ0v) is 31.3. The topological polar surface area (TPSA) is 169 Å². The summed E-state index contributed by atoms with van der Waals surface area (Å²) in [5.41, 5.74) is 0. The number of rotatable bonds is 33. The van der Waals surface area contributed by atoms with E-state index in [4.69, 9.17) is 9.47 Å². The first-order valence-corrected chi connectivity index (χ1v) is 20.3. The Kier molecular flexibility index (Phi) is 29.0. The lowest BCUT2D eigenvalue weighted by Crippen LogP contribution is -2.60. The Morgan fingerprint density at radius 1 is 0.612 bits per heavy atom. The standard InChI is InChI=1S/C39H77NO9/c1-3-5-7-9-11-13-15-16-18-19-21-23-25-27-32(42)31(30-48-39-37(46)36(45)35(44)34(29-41)49-39)40-38(47)33(43)28-26-24-22-20-17-14-12-10-8-6-4-2/h31-37,39,41-46H,3-30H2,1-2H3,(H,40,47). The van der Waals surface area contributed by atoms with Gasteiger partial charge in [-0.05, 0) is 12.8 Å². The second kappa shape index (κ2) is 30.7. The average molecular weight is 704 g/mol. The molecule has 0 radical (unpaired) electrons. The quantitative estimate of drug-likeness (QED) is 0.0394. The summed E-state index contributed by atoms with van der Waals surface area (Å²) in [4.78, 5) is 13.0. The van der Waals surface area contributed by atoms with Crippen molar-refractivity contribution in [2.45, 2.75) is 230 Å². The van der Waals surface area contributed by atoms with Crippen molar-refractivity contribution < 1.29 is 44.9 Å². The minimum atomic E-state index is -1.59. The van der Waals surface area contributed by atoms with Crippen LogP contribution in [-0.4, -0.2) is 98.7 Å². The smallest absolute Gasteiger partial charge is 0.249 e. The third kappa shape index (κ3) is 22.0. The second-order valence-electron chi connectivity index (χ2n) is 14.6. The van der Waals surface area contributed by atoms with Crippen LogP contribution in [0.1, 0.15) is 181 Å². The van der Waals surface area contributed by atoms with E-state index in [-0.39, 0.29) is 6.61 Å². The van der Waals surface area contributed by atoms with Crippen LogP contribution in [0.15, 0.2) is 0 Å². The fourth-order valence-electron chi connectivity index (χ4n) is 6.64. The lowest BCUT2D eigenvalue weighted by atomic mass is 9.99. The number of unbranched alkanes of at least 4 members (excludes halogenated alkanes) is 22. The Hall–Kier alpha value is -0.850. The van der Waals surface area contributed by atoms with E-state index in [1.54, 1.807) is 0 Å². The second-order valence-corrected chi connectivity index (χ2v) is 14.6. The number of hydrogen-bond donors (Lipinski definition) is 7. The number of carbonyl (C=O) groups excluding carboxylic acids is 1. The van der Waals surface area contributed by atoms with Crippen LogP contribution in [0.4, 0.5) is 0 Å². The van der Waals surface area contributed by atoms with Gasteiger partial charge in [-0.25, -0.2) is 0 Å². The third-order valence-electron chi connectivity index (χ3n) is 10.1. The summed E-state index contributed by atoms with van der Waals surface area (Å²) in [5, 5.41) is 64.5. The average Bonchev–Trinajstić information content (AvgIpc) is 3.10. The highest BCUT2D eigenvalue weighted by molar-refractivity contribution is 5.80. The molecular weight excluding hydrogens is 626 g/mol. The number of carbonyl (C=O) groups is 1. The van der Waals surface area contributed by atoms with Gasteiger partial charge >= 0.3 is 0 Å². The van der Waals surface area contributed by atoms with Crippen molar-refractivity contribution in [2.75, 3.05) is 13.2 Å². The Labute approximate surface area is 298 Å². The molecule has 1 amide bonds. The highest BCUT2D eigenvalue weighted by Crippen LogP contribution is 2.23. The van der Waals surface area contributed by atoms with Crippen LogP contribution in [-0.2, 0) is 14.3 Å². The number of hydrogen-bond acceptors (Lipinski definition) is 9. The first-order chi connectivity index (χ1) is 23.8. The minimum absolute atomic E-state index is 0.251. The fourth-order valence-corrected chi connectivity index (χ4v) is 6.64. The van der Waals surface area contributed by atoms with E-state index in [2.05, 4.69) is 19.2 Å². The molecule has 7 N–H and O–H groups in total. The number of aliphatic hydroxyl groups excluding tert-OH is 6. The molecule has 1 aliphatic rings. The van der Waals surface area contributed by atoms with Crippen LogP contribution in [0.5, 0.6) is 0 Å². The predicted octanol–water partition coefficient (Wildman–Crippen LogP) is 6.19. The van der Waals surface area contributed by atoms with Crippen molar-refractivity contribution in [3.05, 3.63) is 0 Å². The van der Waals surface area contributed by atoms with E-state index in [0.29, 0.717) is 12.8 Å². The molecule has 0 bridgehead atoms. The molecule has 49 heavy (non-hydrogen) atoms. The van der Waals surface area contributed by atoms with Gasteiger partial charge in [0.25, 0.3) is 0 Å². The van der Waals surface area contributed by atoms with Crippen molar-refractivity contribution >= 4 is 5.91 Å². The van der Waals surface area contributed by atoms with Crippen LogP contribution in [0.25, 0.3) is 0 Å². The van der Waals surface area contributed by atoms with Crippen LogP contribution in [0.3, 0.4) is 0 Å². The molecule has 0 aliphatic carbocycles. The monoisotopic (exact) mass is 704 g/mol. The van der Waals surface area contributed by atoms with Crippen molar-refractivity contribution in [1.82, 2.24) is 5.32 Å². The van der Waals surface area contributed by atoms with Crippen molar-refractivity contribution in [1.29, 1.82) is 0 Å². The van der Waals surface area contributed by atoms with Gasteiger partial charge in [0.15, 0.2) is 6.29 Å². The normalized spacial score (nSPS) is 23.0. The zero-order valence-electron chi connectivity index (χ0n) is 31.3. The van der Waals surface area contributed by atoms with Gasteiger partial charge in [0.05, 0.1) is 25.4 Å². The molecule has 8 atom stereocenters. The minimum Gasteiger partial charge on any atom is -0.394 e. The first-order valence-electron chi connectivity index (χ1n) is 20.3. The third-order valence-corrected chi connectivity index (χ3v) is 10.1. The summed E-state index contributed by atoms with van der Waals surface area (Å²) in [7, 11) is 0. The molecule has 8 unspecified atom stereocenters. The maximum absolute atomic E-state index is 13.0. The van der Waals surface area contributed by atoms with Gasteiger partial charge in [-0.15, -0.1) is 0 Å². The fraction of sp³-hybridized carbons (Fsp3) is 0.974. The van der Waals surface area contributed by atoms with E-state index < -0.39 is 61.5 Å². The highest BCUT2D eigenvalue weighted by Gasteiger charge is 2.44. The number of aliphatic hydroxyl groups is 6. The van der Waals surface area contributed by atoms with Crippen LogP contribution in [0.2, 0.25) is 0 Å². The van der Waals surface area contributed by atoms with E-state index in [9.17, 15) is 35.4 Å². The number of ether oxygens (including phenoxy) is 2. The van der Waals surface area contributed by atoms with Crippen molar-refractivity contribution in [3.63, 3.8) is 0 Å². The summed E-state index contributed by atoms with van der Waals surface area (Å²) in [6, 6.07) is -0.885. The SMILES string of the molecule is CCCCCCCCCCCCCCCC(O)C(COC1OC(CO)C(O)C(O)C1O)NC(=O)C(O)CCCCCCCCCCCCC. The molecule has 0 saturated carbocycles. The van der Waals surface area contributed by atoms with E-state index >= 15 is 0 Å². The molecule has 1 aliphatic heterocycles. The van der Waals surface area contributed by atoms with Gasteiger partial charge < -0.3 is 45.4 Å². The van der Waals surface area contributed by atoms with Gasteiger partial charge in [-0.3, -0.25) is 4.79 Å². The lowest BCUT2D eigenvalue weighted by molar-refractivity contribution is -0.302. The Morgan fingerprint density at radius 2 is 1.02 bits per heavy atom. The molecular formula is C39H77NO9. The van der Waals surface area contributed by atoms with Crippen LogP contribution in [0, 0.1) is 0 Å². The predicted molar refractivity (Wildman–Crippen MR) is 195 cm³/mol. The van der Waals surface area contributed by atoms with E-state index in [0.717, 1.165) is 44.9 Å². The molecule has 0 aromatic rings. The van der Waals surface area contributed by atoms with Crippen LogP contribution >= 0.6 is 0 Å². The van der Waals surface area contributed by atoms with E-state index in [1.165, 1.54) is 109 Å². The van der Waals surface area contributed by atoms with Gasteiger partial charge in [0, 0.05) is 0 Å². The molecule has 1 saturated heterocycles. The van der Waals surface area contributed by atoms with Gasteiger partial charge in [-0.1, -0.05) is 168 Å². The number of amides is 1. The maximum Gasteiger partial charge on any atom is 0.249 e. The Morgan fingerprint density at radius 3 is 1.45 bits per heavy atom. The molecule has 1 rings (SSSR count). The molecule has 10 heteroatoms. The Balaban J connectivity index is 2.47. The van der Waals surface area contributed by atoms with Gasteiger partial charge in [-0.2, -0.15) is 0 Å². The zero-order chi connectivity index (χ0) is 36.1. The lowest BCUT2D eigenvalue weighted by Gasteiger charge is -2.40. The van der Waals surface area contributed by atoms with Crippen molar-refractivity contribution in [3.8, 4) is 0 Å². The maximum atomic E-state index is 13.0. The first kappa shape index (κ1) is 46.2.